The molecule has 1 amide bonds. The van der Waals surface area contributed by atoms with E-state index in [4.69, 9.17) is 5.11 Å². The summed E-state index contributed by atoms with van der Waals surface area (Å²) in [4.78, 5) is 23.1. The number of carbonyl (C=O) groups is 2. The molecule has 5 heteroatoms. The van der Waals surface area contributed by atoms with Crippen LogP contribution < -0.4 is 5.48 Å². The van der Waals surface area contributed by atoms with Crippen molar-refractivity contribution in [1.29, 1.82) is 0 Å². The second-order valence-corrected chi connectivity index (χ2v) is 1.00. The Hall–Kier alpha value is -1.26. The van der Waals surface area contributed by atoms with Crippen LogP contribution in [0.1, 0.15) is 6.92 Å². The van der Waals surface area contributed by atoms with Crippen molar-refractivity contribution < 1.29 is 19.5 Å². The van der Waals surface area contributed by atoms with Gasteiger partial charge in [0.1, 0.15) is 0 Å². The SMILES string of the molecule is CC(=O)ONC(=O)O. The van der Waals surface area contributed by atoms with Crippen LogP contribution in [0.5, 0.6) is 0 Å². The van der Waals surface area contributed by atoms with E-state index in [1.807, 2.05) is 0 Å². The van der Waals surface area contributed by atoms with E-state index in [0.717, 1.165) is 6.92 Å². The molecule has 0 aromatic heterocycles. The molecule has 5 nitrogen and oxygen atoms in total. The van der Waals surface area contributed by atoms with Gasteiger partial charge >= 0.3 is 12.1 Å². The number of carbonyl (C=O) groups excluding carboxylic acids is 1. The Kier molecular flexibility index (Phi) is 2.39. The van der Waals surface area contributed by atoms with Crippen LogP contribution in [0, 0.1) is 0 Å². The highest BCUT2D eigenvalue weighted by Crippen LogP contribution is 1.66. The number of hydrogen-bond acceptors (Lipinski definition) is 3. The maximum absolute atomic E-state index is 9.80. The van der Waals surface area contributed by atoms with Gasteiger partial charge in [-0.25, -0.2) is 4.79 Å². The van der Waals surface area contributed by atoms with Crippen LogP contribution >= 0.6 is 0 Å². The van der Waals surface area contributed by atoms with Gasteiger partial charge in [-0.2, -0.15) is 0 Å². The monoisotopic (exact) mass is 119 g/mol. The normalized spacial score (nSPS) is 7.62. The van der Waals surface area contributed by atoms with Crippen molar-refractivity contribution in [3.63, 3.8) is 0 Å². The summed E-state index contributed by atoms with van der Waals surface area (Å²) >= 11 is 0. The van der Waals surface area contributed by atoms with Gasteiger partial charge < -0.3 is 9.94 Å². The summed E-state index contributed by atoms with van der Waals surface area (Å²) in [6.07, 6.45) is -1.39. The predicted molar refractivity (Wildman–Crippen MR) is 22.9 cm³/mol. The lowest BCUT2D eigenvalue weighted by atomic mass is 10.8. The average Bonchev–Trinajstić information content (AvgIpc) is 1.61. The van der Waals surface area contributed by atoms with Crippen molar-refractivity contribution in [1.82, 2.24) is 5.48 Å². The Labute approximate surface area is 45.2 Å². The molecule has 0 atom stereocenters. The lowest BCUT2D eigenvalue weighted by molar-refractivity contribution is -0.146. The molecule has 0 saturated heterocycles. The van der Waals surface area contributed by atoms with Crippen LogP contribution in [0.2, 0.25) is 0 Å². The first kappa shape index (κ1) is 6.74. The Balaban J connectivity index is 3.18. The standard InChI is InChI=1S/C3H5NO4/c1-2(5)8-4-3(6)7/h4H,1H3,(H,6,7). The molecule has 8 heavy (non-hydrogen) atoms. The summed E-state index contributed by atoms with van der Waals surface area (Å²) in [6.45, 7) is 1.09. The molecule has 0 aliphatic carbocycles. The van der Waals surface area contributed by atoms with Gasteiger partial charge in [0.05, 0.1) is 0 Å². The summed E-state index contributed by atoms with van der Waals surface area (Å²) in [5.41, 5.74) is 1.41. The maximum Gasteiger partial charge on any atom is 0.438 e. The van der Waals surface area contributed by atoms with Crippen molar-refractivity contribution in [3.8, 4) is 0 Å². The van der Waals surface area contributed by atoms with Crippen molar-refractivity contribution in [3.05, 3.63) is 0 Å². The van der Waals surface area contributed by atoms with Gasteiger partial charge in [0.25, 0.3) is 0 Å². The molecule has 46 valence electrons. The number of rotatable bonds is 0. The molecule has 0 spiro atoms. The Morgan fingerprint density at radius 1 is 1.62 bits per heavy atom. The molecule has 0 aliphatic rings. The third-order valence-electron chi connectivity index (χ3n) is 0.282. The quantitative estimate of drug-likeness (QED) is 0.430. The molecular formula is C3H5NO4. The van der Waals surface area contributed by atoms with Crippen LogP contribution in [0.4, 0.5) is 4.79 Å². The smallest absolute Gasteiger partial charge is 0.438 e. The van der Waals surface area contributed by atoms with Crippen molar-refractivity contribution in [2.24, 2.45) is 0 Å². The van der Waals surface area contributed by atoms with Crippen molar-refractivity contribution in [2.45, 2.75) is 6.92 Å². The zero-order chi connectivity index (χ0) is 6.57. The van der Waals surface area contributed by atoms with Gasteiger partial charge in [-0.05, 0) is 0 Å². The molecule has 0 radical (unpaired) electrons. The van der Waals surface area contributed by atoms with E-state index >= 15 is 0 Å². The molecule has 0 fully saturated rings. The number of nitrogens with one attached hydrogen (secondary N) is 1. The third kappa shape index (κ3) is 4.74. The highest BCUT2D eigenvalue weighted by molar-refractivity contribution is 5.69. The van der Waals surface area contributed by atoms with Crippen LogP contribution in [0.25, 0.3) is 0 Å². The molecule has 0 aromatic rings. The number of carboxylic acid groups (broad SMARTS) is 1. The third-order valence-corrected chi connectivity index (χ3v) is 0.282. The van der Waals surface area contributed by atoms with E-state index in [2.05, 4.69) is 4.84 Å². The number of hydroxylamine groups is 1. The highest BCUT2D eigenvalue weighted by Gasteiger charge is 1.94. The first-order valence-corrected chi connectivity index (χ1v) is 1.79. The fraction of sp³-hybridized carbons (Fsp3) is 0.333. The highest BCUT2D eigenvalue weighted by atomic mass is 16.7. The van der Waals surface area contributed by atoms with E-state index in [-0.39, 0.29) is 0 Å². The van der Waals surface area contributed by atoms with Crippen LogP contribution in [0.3, 0.4) is 0 Å². The van der Waals surface area contributed by atoms with E-state index < -0.39 is 12.1 Å². The predicted octanol–water partition coefficient (Wildman–Crippen LogP) is -0.268. The van der Waals surface area contributed by atoms with Gasteiger partial charge in [-0.3, -0.25) is 4.79 Å². The van der Waals surface area contributed by atoms with Crippen LogP contribution in [-0.2, 0) is 9.63 Å². The van der Waals surface area contributed by atoms with E-state index in [1.165, 1.54) is 5.48 Å². The molecule has 0 rings (SSSR count). The van der Waals surface area contributed by atoms with Crippen molar-refractivity contribution in [2.75, 3.05) is 0 Å². The first-order valence-electron chi connectivity index (χ1n) is 1.79. The van der Waals surface area contributed by atoms with Crippen LogP contribution in [0.15, 0.2) is 0 Å². The van der Waals surface area contributed by atoms with Gasteiger partial charge in [-0.15, -0.1) is 5.48 Å². The minimum atomic E-state index is -1.39. The Bertz CT molecular complexity index is 95.9. The minimum absolute atomic E-state index is 0.688. The summed E-state index contributed by atoms with van der Waals surface area (Å²) in [6, 6.07) is 0. The van der Waals surface area contributed by atoms with Crippen molar-refractivity contribution >= 4 is 12.1 Å². The lowest BCUT2D eigenvalue weighted by Gasteiger charge is -1.94. The van der Waals surface area contributed by atoms with E-state index in [9.17, 15) is 9.59 Å². The van der Waals surface area contributed by atoms with Crippen LogP contribution in [-0.4, -0.2) is 17.2 Å². The zero-order valence-electron chi connectivity index (χ0n) is 4.17. The lowest BCUT2D eigenvalue weighted by Crippen LogP contribution is -2.23. The minimum Gasteiger partial charge on any atom is -0.463 e. The molecule has 0 aromatic carbocycles. The molecule has 0 saturated carbocycles. The van der Waals surface area contributed by atoms with Gasteiger partial charge in [0.15, 0.2) is 0 Å². The van der Waals surface area contributed by atoms with Gasteiger partial charge in [0, 0.05) is 6.92 Å². The summed E-state index contributed by atoms with van der Waals surface area (Å²) in [7, 11) is 0. The van der Waals surface area contributed by atoms with Gasteiger partial charge in [0.2, 0.25) is 0 Å². The average molecular weight is 119 g/mol. The fourth-order valence-electron chi connectivity index (χ4n) is 0.116. The Morgan fingerprint density at radius 3 is 2.25 bits per heavy atom. The van der Waals surface area contributed by atoms with Gasteiger partial charge in [-0.1, -0.05) is 0 Å². The maximum atomic E-state index is 9.80. The number of hydrogen-bond donors (Lipinski definition) is 2. The second-order valence-electron chi connectivity index (χ2n) is 1.00. The summed E-state index contributed by atoms with van der Waals surface area (Å²) in [5, 5.41) is 7.77. The Morgan fingerprint density at radius 2 is 2.12 bits per heavy atom. The first-order chi connectivity index (χ1) is 3.63. The second kappa shape index (κ2) is 2.84. The molecule has 0 unspecified atom stereocenters. The molecule has 0 heterocycles. The van der Waals surface area contributed by atoms with E-state index in [0.29, 0.717) is 0 Å². The fourth-order valence-corrected chi connectivity index (χ4v) is 0.116. The largest absolute Gasteiger partial charge is 0.463 e. The molecule has 0 aliphatic heterocycles. The topological polar surface area (TPSA) is 75.6 Å². The molecular weight excluding hydrogens is 114 g/mol. The zero-order valence-corrected chi connectivity index (χ0v) is 4.17. The summed E-state index contributed by atoms with van der Waals surface area (Å²) < 4.78 is 0. The summed E-state index contributed by atoms with van der Waals surface area (Å²) in [5.74, 6) is -0.688. The number of amides is 1. The molecule has 2 N–H and O–H groups in total. The van der Waals surface area contributed by atoms with E-state index in [1.54, 1.807) is 0 Å². The molecule has 0 bridgehead atoms.